The molecular formula is C15H20BrNO2. The maximum atomic E-state index is 12.0. The van der Waals surface area contributed by atoms with Crippen LogP contribution in [0.1, 0.15) is 31.2 Å². The van der Waals surface area contributed by atoms with Crippen molar-refractivity contribution >= 4 is 21.9 Å². The third kappa shape index (κ3) is 4.05. The molecule has 104 valence electrons. The summed E-state index contributed by atoms with van der Waals surface area (Å²) < 4.78 is 6.40. The Kier molecular flexibility index (Phi) is 5.40. The number of hydrogen-bond acceptors (Lipinski definition) is 3. The van der Waals surface area contributed by atoms with Crippen molar-refractivity contribution in [2.45, 2.75) is 32.3 Å². The Hall–Kier alpha value is -0.870. The molecule has 4 heteroatoms. The summed E-state index contributed by atoms with van der Waals surface area (Å²) in [6.45, 7) is 1.08. The molecule has 3 nitrogen and oxygen atoms in total. The van der Waals surface area contributed by atoms with E-state index in [1.807, 2.05) is 24.3 Å². The van der Waals surface area contributed by atoms with Crippen LogP contribution >= 0.6 is 15.9 Å². The second-order valence-electron chi connectivity index (χ2n) is 5.15. The molecule has 0 aliphatic heterocycles. The summed E-state index contributed by atoms with van der Waals surface area (Å²) >= 11 is 3.45. The minimum Gasteiger partial charge on any atom is -0.461 e. The number of ether oxygens (including phenoxy) is 1. The van der Waals surface area contributed by atoms with Gasteiger partial charge in [-0.05, 0) is 44.2 Å². The van der Waals surface area contributed by atoms with E-state index in [1.54, 1.807) is 0 Å². The molecular weight excluding hydrogens is 306 g/mol. The first-order chi connectivity index (χ1) is 9.20. The van der Waals surface area contributed by atoms with E-state index in [0.29, 0.717) is 12.5 Å². The van der Waals surface area contributed by atoms with Crippen molar-refractivity contribution in [2.75, 3.05) is 6.54 Å². The zero-order valence-electron chi connectivity index (χ0n) is 11.0. The summed E-state index contributed by atoms with van der Waals surface area (Å²) in [6, 6.07) is 7.81. The Morgan fingerprint density at radius 3 is 2.58 bits per heavy atom. The first-order valence-corrected chi connectivity index (χ1v) is 7.60. The summed E-state index contributed by atoms with van der Waals surface area (Å²) in [5, 5.41) is 0. The van der Waals surface area contributed by atoms with E-state index in [-0.39, 0.29) is 11.9 Å². The van der Waals surface area contributed by atoms with Crippen LogP contribution in [0.3, 0.4) is 0 Å². The lowest BCUT2D eigenvalue weighted by molar-refractivity contribution is -0.151. The van der Waals surface area contributed by atoms with Gasteiger partial charge in [0.1, 0.15) is 6.61 Å². The van der Waals surface area contributed by atoms with E-state index in [1.165, 1.54) is 0 Å². The van der Waals surface area contributed by atoms with Crippen LogP contribution in [0.5, 0.6) is 0 Å². The second kappa shape index (κ2) is 7.06. The van der Waals surface area contributed by atoms with E-state index in [9.17, 15) is 4.79 Å². The fourth-order valence-electron chi connectivity index (χ4n) is 2.52. The molecule has 0 spiro atoms. The van der Waals surface area contributed by atoms with Gasteiger partial charge in [0.05, 0.1) is 5.92 Å². The zero-order valence-corrected chi connectivity index (χ0v) is 12.6. The van der Waals surface area contributed by atoms with Crippen molar-refractivity contribution in [3.05, 3.63) is 34.3 Å². The third-order valence-corrected chi connectivity index (χ3v) is 4.61. The van der Waals surface area contributed by atoms with Crippen molar-refractivity contribution in [1.29, 1.82) is 0 Å². The minimum absolute atomic E-state index is 0.0605. The highest BCUT2D eigenvalue weighted by Gasteiger charge is 2.26. The van der Waals surface area contributed by atoms with Gasteiger partial charge < -0.3 is 10.5 Å². The van der Waals surface area contributed by atoms with Gasteiger partial charge in [0.15, 0.2) is 0 Å². The predicted molar refractivity (Wildman–Crippen MR) is 78.4 cm³/mol. The van der Waals surface area contributed by atoms with Crippen LogP contribution in [-0.2, 0) is 16.1 Å². The number of carbonyl (C=O) groups is 1. The van der Waals surface area contributed by atoms with E-state index < -0.39 is 0 Å². The van der Waals surface area contributed by atoms with E-state index in [0.717, 1.165) is 42.3 Å². The third-order valence-electron chi connectivity index (χ3n) is 3.84. The van der Waals surface area contributed by atoms with Gasteiger partial charge in [-0.3, -0.25) is 4.79 Å². The summed E-state index contributed by atoms with van der Waals surface area (Å²) in [6.07, 6.45) is 3.92. The largest absolute Gasteiger partial charge is 0.461 e. The Balaban J connectivity index is 1.81. The van der Waals surface area contributed by atoms with E-state index in [2.05, 4.69) is 15.9 Å². The molecule has 1 aromatic rings. The molecule has 0 radical (unpaired) electrons. The lowest BCUT2D eigenvalue weighted by Crippen LogP contribution is -2.26. The highest BCUT2D eigenvalue weighted by Crippen LogP contribution is 2.29. The molecule has 0 amide bonds. The van der Waals surface area contributed by atoms with E-state index in [4.69, 9.17) is 10.5 Å². The number of benzene rings is 1. The second-order valence-corrected chi connectivity index (χ2v) is 6.01. The van der Waals surface area contributed by atoms with Gasteiger partial charge in [0.2, 0.25) is 0 Å². The monoisotopic (exact) mass is 325 g/mol. The first-order valence-electron chi connectivity index (χ1n) is 6.80. The van der Waals surface area contributed by atoms with Crippen molar-refractivity contribution in [1.82, 2.24) is 0 Å². The summed E-state index contributed by atoms with van der Waals surface area (Å²) in [4.78, 5) is 12.0. The fraction of sp³-hybridized carbons (Fsp3) is 0.533. The molecule has 1 aliphatic rings. The van der Waals surface area contributed by atoms with Gasteiger partial charge in [-0.2, -0.15) is 0 Å². The van der Waals surface area contributed by atoms with Crippen LogP contribution in [0.2, 0.25) is 0 Å². The molecule has 0 unspecified atom stereocenters. The zero-order chi connectivity index (χ0) is 13.7. The average molecular weight is 326 g/mol. The molecule has 1 saturated carbocycles. The minimum atomic E-state index is -0.0637. The van der Waals surface area contributed by atoms with E-state index >= 15 is 0 Å². The van der Waals surface area contributed by atoms with Crippen LogP contribution in [0.4, 0.5) is 0 Å². The van der Waals surface area contributed by atoms with Gasteiger partial charge in [-0.15, -0.1) is 0 Å². The maximum absolute atomic E-state index is 12.0. The van der Waals surface area contributed by atoms with Gasteiger partial charge in [-0.1, -0.05) is 34.1 Å². The number of carbonyl (C=O) groups excluding carboxylic acids is 1. The lowest BCUT2D eigenvalue weighted by Gasteiger charge is -2.26. The Morgan fingerprint density at radius 1 is 1.26 bits per heavy atom. The molecule has 19 heavy (non-hydrogen) atoms. The molecule has 0 heterocycles. The number of hydrogen-bond donors (Lipinski definition) is 1. The number of rotatable bonds is 4. The Morgan fingerprint density at radius 2 is 1.95 bits per heavy atom. The molecule has 2 N–H and O–H groups in total. The van der Waals surface area contributed by atoms with Crippen molar-refractivity contribution in [2.24, 2.45) is 17.6 Å². The normalized spacial score (nSPS) is 23.1. The van der Waals surface area contributed by atoms with Crippen LogP contribution in [0.25, 0.3) is 0 Å². The van der Waals surface area contributed by atoms with Gasteiger partial charge in [-0.25, -0.2) is 0 Å². The average Bonchev–Trinajstić information content (AvgIpc) is 2.46. The summed E-state index contributed by atoms with van der Waals surface area (Å²) in [5.74, 6) is 0.587. The quantitative estimate of drug-likeness (QED) is 0.864. The van der Waals surface area contributed by atoms with Gasteiger partial charge in [0.25, 0.3) is 0 Å². The first kappa shape index (κ1) is 14.5. The Labute approximate surface area is 122 Å². The molecule has 0 bridgehead atoms. The molecule has 0 aromatic heterocycles. The molecule has 1 aliphatic carbocycles. The number of halogens is 1. The smallest absolute Gasteiger partial charge is 0.309 e. The van der Waals surface area contributed by atoms with Gasteiger partial charge >= 0.3 is 5.97 Å². The highest BCUT2D eigenvalue weighted by atomic mass is 79.9. The van der Waals surface area contributed by atoms with Crippen LogP contribution in [-0.4, -0.2) is 12.5 Å². The molecule has 1 aromatic carbocycles. The predicted octanol–water partition coefficient (Wildman–Crippen LogP) is 3.26. The standard InChI is InChI=1S/C15H20BrNO2/c16-14-4-2-1-3-13(14)10-19-15(18)12-7-5-11(9-17)6-8-12/h1-4,11-12H,5-10,17H2. The Bertz CT molecular complexity index is 428. The SMILES string of the molecule is NCC1CCC(C(=O)OCc2ccccc2Br)CC1. The highest BCUT2D eigenvalue weighted by molar-refractivity contribution is 9.10. The molecule has 0 atom stereocenters. The molecule has 1 fully saturated rings. The van der Waals surface area contributed by atoms with Crippen molar-refractivity contribution in [3.8, 4) is 0 Å². The van der Waals surface area contributed by atoms with Crippen LogP contribution in [0, 0.1) is 11.8 Å². The topological polar surface area (TPSA) is 52.3 Å². The fourth-order valence-corrected chi connectivity index (χ4v) is 2.92. The summed E-state index contributed by atoms with van der Waals surface area (Å²) in [5.41, 5.74) is 6.66. The van der Waals surface area contributed by atoms with Crippen LogP contribution in [0.15, 0.2) is 28.7 Å². The summed E-state index contributed by atoms with van der Waals surface area (Å²) in [7, 11) is 0. The van der Waals surface area contributed by atoms with Crippen molar-refractivity contribution < 1.29 is 9.53 Å². The molecule has 2 rings (SSSR count). The van der Waals surface area contributed by atoms with Crippen LogP contribution < -0.4 is 5.73 Å². The number of nitrogens with two attached hydrogens (primary N) is 1. The lowest BCUT2D eigenvalue weighted by atomic mass is 9.82. The maximum Gasteiger partial charge on any atom is 0.309 e. The van der Waals surface area contributed by atoms with Gasteiger partial charge in [0, 0.05) is 10.0 Å². The van der Waals surface area contributed by atoms with Crippen molar-refractivity contribution in [3.63, 3.8) is 0 Å². The molecule has 0 saturated heterocycles. The number of esters is 1.